The lowest BCUT2D eigenvalue weighted by Crippen LogP contribution is -2.40. The number of hydrogen-bond acceptors (Lipinski definition) is 4. The molecular weight excluding hydrogens is 330 g/mol. The van der Waals surface area contributed by atoms with Crippen LogP contribution in [0.3, 0.4) is 0 Å². The first-order chi connectivity index (χ1) is 12.5. The summed E-state index contributed by atoms with van der Waals surface area (Å²) in [5, 5.41) is 10.3. The molecule has 6 heteroatoms. The number of aryl methyl sites for hydroxylation is 1. The van der Waals surface area contributed by atoms with Gasteiger partial charge < -0.3 is 14.9 Å². The van der Waals surface area contributed by atoms with Gasteiger partial charge in [-0.3, -0.25) is 14.6 Å². The lowest BCUT2D eigenvalue weighted by molar-refractivity contribution is -0.131. The smallest absolute Gasteiger partial charge is 0.255 e. The fourth-order valence-corrected chi connectivity index (χ4v) is 3.05. The van der Waals surface area contributed by atoms with Gasteiger partial charge in [0, 0.05) is 31.5 Å². The van der Waals surface area contributed by atoms with Gasteiger partial charge in [-0.15, -0.1) is 0 Å². The van der Waals surface area contributed by atoms with Crippen LogP contribution in [0.2, 0.25) is 0 Å². The Morgan fingerprint density at radius 1 is 1.19 bits per heavy atom. The van der Waals surface area contributed by atoms with E-state index in [1.807, 2.05) is 37.3 Å². The first kappa shape index (κ1) is 18.1. The number of aliphatic hydroxyl groups excluding tert-OH is 1. The summed E-state index contributed by atoms with van der Waals surface area (Å²) in [6, 6.07) is 13.4. The van der Waals surface area contributed by atoms with Crippen LogP contribution in [0, 0.1) is 6.92 Å². The third-order valence-electron chi connectivity index (χ3n) is 4.50. The highest BCUT2D eigenvalue weighted by atomic mass is 16.3. The molecule has 6 nitrogen and oxygen atoms in total. The van der Waals surface area contributed by atoms with Gasteiger partial charge in [0.25, 0.3) is 5.91 Å². The van der Waals surface area contributed by atoms with E-state index in [2.05, 4.69) is 4.98 Å². The standard InChI is InChI=1S/C20H23N3O3/c1-15-7-8-17(11-21-15)20(26)23-13-18(24)12-22(19(25)14-23)10-9-16-5-3-2-4-6-16/h2-8,11,18,24H,9-10,12-14H2,1H3. The third kappa shape index (κ3) is 4.46. The van der Waals surface area contributed by atoms with E-state index < -0.39 is 6.10 Å². The Labute approximate surface area is 153 Å². The minimum absolute atomic E-state index is 0.0292. The van der Waals surface area contributed by atoms with E-state index in [4.69, 9.17) is 0 Å². The topological polar surface area (TPSA) is 73.7 Å². The average Bonchev–Trinajstić information content (AvgIpc) is 2.79. The number of aromatic nitrogens is 1. The van der Waals surface area contributed by atoms with Gasteiger partial charge in [-0.05, 0) is 31.0 Å². The number of hydrogen-bond donors (Lipinski definition) is 1. The van der Waals surface area contributed by atoms with E-state index in [1.54, 1.807) is 17.0 Å². The molecule has 1 N–H and O–H groups in total. The monoisotopic (exact) mass is 353 g/mol. The van der Waals surface area contributed by atoms with Crippen molar-refractivity contribution in [2.24, 2.45) is 0 Å². The molecule has 1 aromatic heterocycles. The van der Waals surface area contributed by atoms with Crippen molar-refractivity contribution in [1.29, 1.82) is 0 Å². The van der Waals surface area contributed by atoms with Crippen LogP contribution in [0.4, 0.5) is 0 Å². The summed E-state index contributed by atoms with van der Waals surface area (Å²) in [6.45, 7) is 2.71. The Morgan fingerprint density at radius 2 is 1.96 bits per heavy atom. The normalized spacial score (nSPS) is 17.9. The second kappa shape index (κ2) is 8.10. The molecule has 2 aromatic rings. The first-order valence-electron chi connectivity index (χ1n) is 8.74. The highest BCUT2D eigenvalue weighted by Crippen LogP contribution is 2.12. The number of pyridine rings is 1. The fraction of sp³-hybridized carbons (Fsp3) is 0.350. The van der Waals surface area contributed by atoms with E-state index in [0.29, 0.717) is 12.1 Å². The van der Waals surface area contributed by atoms with Crippen molar-refractivity contribution < 1.29 is 14.7 Å². The molecule has 0 spiro atoms. The molecule has 1 saturated heterocycles. The van der Waals surface area contributed by atoms with E-state index in [-0.39, 0.29) is 31.4 Å². The number of benzene rings is 1. The molecule has 0 saturated carbocycles. The molecule has 1 aliphatic rings. The zero-order valence-corrected chi connectivity index (χ0v) is 14.8. The van der Waals surface area contributed by atoms with E-state index >= 15 is 0 Å². The Kier molecular flexibility index (Phi) is 5.63. The van der Waals surface area contributed by atoms with Crippen LogP contribution in [-0.2, 0) is 11.2 Å². The van der Waals surface area contributed by atoms with Crippen LogP contribution >= 0.6 is 0 Å². The van der Waals surface area contributed by atoms with E-state index in [9.17, 15) is 14.7 Å². The molecule has 1 atom stereocenters. The lowest BCUT2D eigenvalue weighted by Gasteiger charge is -2.21. The predicted octanol–water partition coefficient (Wildman–Crippen LogP) is 1.28. The van der Waals surface area contributed by atoms with Crippen molar-refractivity contribution in [2.45, 2.75) is 19.4 Å². The van der Waals surface area contributed by atoms with Crippen LogP contribution in [0.15, 0.2) is 48.7 Å². The summed E-state index contributed by atoms with van der Waals surface area (Å²) in [7, 11) is 0. The number of carbonyl (C=O) groups excluding carboxylic acids is 2. The maximum Gasteiger partial charge on any atom is 0.255 e. The van der Waals surface area contributed by atoms with Crippen molar-refractivity contribution in [3.05, 3.63) is 65.5 Å². The van der Waals surface area contributed by atoms with Crippen molar-refractivity contribution >= 4 is 11.8 Å². The Morgan fingerprint density at radius 3 is 2.65 bits per heavy atom. The van der Waals surface area contributed by atoms with Crippen LogP contribution in [-0.4, -0.2) is 64.0 Å². The number of rotatable bonds is 4. The third-order valence-corrected chi connectivity index (χ3v) is 4.50. The number of amides is 2. The van der Waals surface area contributed by atoms with Crippen LogP contribution in [0.5, 0.6) is 0 Å². The zero-order chi connectivity index (χ0) is 18.5. The minimum Gasteiger partial charge on any atom is -0.389 e. The largest absolute Gasteiger partial charge is 0.389 e. The second-order valence-corrected chi connectivity index (χ2v) is 6.60. The molecule has 1 unspecified atom stereocenters. The van der Waals surface area contributed by atoms with Crippen LogP contribution in [0.25, 0.3) is 0 Å². The summed E-state index contributed by atoms with van der Waals surface area (Å²) in [6.07, 6.45) is 1.46. The van der Waals surface area contributed by atoms with E-state index in [0.717, 1.165) is 17.7 Å². The Hall–Kier alpha value is -2.73. The average molecular weight is 353 g/mol. The van der Waals surface area contributed by atoms with Crippen LogP contribution in [0.1, 0.15) is 21.6 Å². The van der Waals surface area contributed by atoms with Crippen LogP contribution < -0.4 is 0 Å². The van der Waals surface area contributed by atoms with Gasteiger partial charge in [0.2, 0.25) is 5.91 Å². The Bertz CT molecular complexity index is 762. The van der Waals surface area contributed by atoms with Gasteiger partial charge in [0.05, 0.1) is 11.7 Å². The predicted molar refractivity (Wildman–Crippen MR) is 97.6 cm³/mol. The molecule has 2 heterocycles. The van der Waals surface area contributed by atoms with Gasteiger partial charge in [0.1, 0.15) is 6.54 Å². The van der Waals surface area contributed by atoms with E-state index in [1.165, 1.54) is 11.1 Å². The molecule has 0 radical (unpaired) electrons. The number of nitrogens with zero attached hydrogens (tertiary/aromatic N) is 3. The molecule has 1 fully saturated rings. The van der Waals surface area contributed by atoms with Crippen molar-refractivity contribution in [3.8, 4) is 0 Å². The quantitative estimate of drug-likeness (QED) is 0.899. The van der Waals surface area contributed by atoms with Gasteiger partial charge in [-0.1, -0.05) is 30.3 Å². The van der Waals surface area contributed by atoms with Gasteiger partial charge in [0.15, 0.2) is 0 Å². The Balaban J connectivity index is 1.66. The van der Waals surface area contributed by atoms with Crippen molar-refractivity contribution in [1.82, 2.24) is 14.8 Å². The highest BCUT2D eigenvalue weighted by molar-refractivity contribution is 5.96. The zero-order valence-electron chi connectivity index (χ0n) is 14.8. The molecule has 1 aromatic carbocycles. The molecule has 0 bridgehead atoms. The highest BCUT2D eigenvalue weighted by Gasteiger charge is 2.29. The number of β-amino-alcohol motifs (C(OH)–C–C–N with tert-alkyl or cyclic N) is 1. The molecular formula is C20H23N3O3. The SMILES string of the molecule is Cc1ccc(C(=O)N2CC(=O)N(CCc3ccccc3)CC(O)C2)cn1. The minimum atomic E-state index is -0.764. The fourth-order valence-electron chi connectivity index (χ4n) is 3.05. The van der Waals surface area contributed by atoms with Gasteiger partial charge in [-0.2, -0.15) is 0 Å². The number of aliphatic hydroxyl groups is 1. The maximum absolute atomic E-state index is 12.6. The summed E-state index contributed by atoms with van der Waals surface area (Å²) in [4.78, 5) is 32.4. The van der Waals surface area contributed by atoms with Gasteiger partial charge in [-0.25, -0.2) is 0 Å². The second-order valence-electron chi connectivity index (χ2n) is 6.60. The van der Waals surface area contributed by atoms with Crippen molar-refractivity contribution in [2.75, 3.05) is 26.2 Å². The van der Waals surface area contributed by atoms with Crippen molar-refractivity contribution in [3.63, 3.8) is 0 Å². The summed E-state index contributed by atoms with van der Waals surface area (Å²) in [5.74, 6) is -0.430. The molecule has 1 aliphatic heterocycles. The lowest BCUT2D eigenvalue weighted by atomic mass is 10.1. The molecule has 136 valence electrons. The summed E-state index contributed by atoms with van der Waals surface area (Å²) >= 11 is 0. The molecule has 26 heavy (non-hydrogen) atoms. The molecule has 0 aliphatic carbocycles. The summed E-state index contributed by atoms with van der Waals surface area (Å²) < 4.78 is 0. The van der Waals surface area contributed by atoms with Gasteiger partial charge >= 0.3 is 0 Å². The summed E-state index contributed by atoms with van der Waals surface area (Å²) in [5.41, 5.74) is 2.38. The molecule has 2 amide bonds. The maximum atomic E-state index is 12.6. The first-order valence-corrected chi connectivity index (χ1v) is 8.74. The number of carbonyl (C=O) groups is 2. The molecule has 3 rings (SSSR count).